The first-order chi connectivity index (χ1) is 7.16. The lowest BCUT2D eigenvalue weighted by Crippen LogP contribution is -2.11. The predicted octanol–water partition coefficient (Wildman–Crippen LogP) is 3.20. The normalized spacial score (nSPS) is 9.60. The molecular weight excluding hydrogens is 280 g/mol. The zero-order chi connectivity index (χ0) is 11.3. The number of hydrogen-bond donors (Lipinski definition) is 1. The number of benzene rings is 1. The summed E-state index contributed by atoms with van der Waals surface area (Å²) in [7, 11) is 0. The van der Waals surface area contributed by atoms with Crippen LogP contribution in [0.1, 0.15) is 12.5 Å². The lowest BCUT2D eigenvalue weighted by molar-refractivity contribution is 0.624. The van der Waals surface area contributed by atoms with Crippen molar-refractivity contribution in [3.63, 3.8) is 0 Å². The van der Waals surface area contributed by atoms with E-state index in [2.05, 4.69) is 33.1 Å². The van der Waals surface area contributed by atoms with E-state index in [-0.39, 0.29) is 5.02 Å². The monoisotopic (exact) mass is 289 g/mol. The van der Waals surface area contributed by atoms with Crippen molar-refractivity contribution >= 4 is 27.5 Å². The highest BCUT2D eigenvalue weighted by Gasteiger charge is 2.07. The zero-order valence-electron chi connectivity index (χ0n) is 8.20. The summed E-state index contributed by atoms with van der Waals surface area (Å²) < 4.78 is 14.0. The highest BCUT2D eigenvalue weighted by atomic mass is 79.9. The molecule has 0 aliphatic carbocycles. The van der Waals surface area contributed by atoms with Gasteiger partial charge in [0.1, 0.15) is 0 Å². The second-order valence-corrected chi connectivity index (χ2v) is 4.04. The maximum absolute atomic E-state index is 13.5. The van der Waals surface area contributed by atoms with Gasteiger partial charge in [0.15, 0.2) is 5.82 Å². The fraction of sp³-hybridized carbons (Fsp3) is 0.273. The number of rotatable bonds is 2. The summed E-state index contributed by atoms with van der Waals surface area (Å²) in [5.41, 5.74) is 0.320. The van der Waals surface area contributed by atoms with E-state index < -0.39 is 5.82 Å². The lowest BCUT2D eigenvalue weighted by Gasteiger charge is -1.99. The van der Waals surface area contributed by atoms with Crippen molar-refractivity contribution in [3.8, 4) is 11.8 Å². The molecule has 1 nitrogen and oxygen atoms in total. The molecule has 0 saturated heterocycles. The molecule has 0 unspecified atom stereocenters. The number of halogens is 3. The third-order valence-corrected chi connectivity index (χ3v) is 2.98. The van der Waals surface area contributed by atoms with Gasteiger partial charge in [0, 0.05) is 4.47 Å². The first-order valence-corrected chi connectivity index (χ1v) is 5.67. The molecule has 1 aromatic rings. The van der Waals surface area contributed by atoms with Crippen molar-refractivity contribution < 1.29 is 4.39 Å². The third-order valence-electron chi connectivity index (χ3n) is 1.72. The summed E-state index contributed by atoms with van der Waals surface area (Å²) in [4.78, 5) is 0. The molecule has 1 rings (SSSR count). The maximum Gasteiger partial charge on any atom is 0.158 e. The Hall–Kier alpha value is -0.560. The molecule has 0 saturated carbocycles. The van der Waals surface area contributed by atoms with Gasteiger partial charge in [0.25, 0.3) is 0 Å². The Bertz CT molecular complexity index is 409. The Balaban J connectivity index is 2.85. The van der Waals surface area contributed by atoms with Crippen LogP contribution >= 0.6 is 27.5 Å². The van der Waals surface area contributed by atoms with Crippen molar-refractivity contribution in [2.24, 2.45) is 0 Å². The van der Waals surface area contributed by atoms with Crippen LogP contribution in [-0.2, 0) is 0 Å². The molecule has 0 radical (unpaired) electrons. The summed E-state index contributed by atoms with van der Waals surface area (Å²) in [5.74, 6) is 5.06. The van der Waals surface area contributed by atoms with E-state index in [0.717, 1.165) is 6.54 Å². The quantitative estimate of drug-likeness (QED) is 0.501. The fourth-order valence-electron chi connectivity index (χ4n) is 0.949. The van der Waals surface area contributed by atoms with Gasteiger partial charge in [-0.2, -0.15) is 0 Å². The first kappa shape index (κ1) is 12.5. The molecule has 0 aliphatic heterocycles. The van der Waals surface area contributed by atoms with Gasteiger partial charge in [0.2, 0.25) is 0 Å². The van der Waals surface area contributed by atoms with Gasteiger partial charge in [-0.15, -0.1) is 0 Å². The van der Waals surface area contributed by atoms with Gasteiger partial charge in [-0.25, -0.2) is 4.39 Å². The van der Waals surface area contributed by atoms with E-state index in [4.69, 9.17) is 11.6 Å². The molecule has 0 aromatic heterocycles. The molecule has 4 heteroatoms. The molecule has 0 fully saturated rings. The van der Waals surface area contributed by atoms with E-state index in [9.17, 15) is 4.39 Å². The molecule has 0 atom stereocenters. The summed E-state index contributed by atoms with van der Waals surface area (Å²) in [6.45, 7) is 3.38. The Morgan fingerprint density at radius 2 is 2.27 bits per heavy atom. The average Bonchev–Trinajstić information content (AvgIpc) is 2.24. The number of hydrogen-bond acceptors (Lipinski definition) is 1. The summed E-state index contributed by atoms with van der Waals surface area (Å²) in [5, 5.41) is 3.10. The lowest BCUT2D eigenvalue weighted by atomic mass is 10.2. The van der Waals surface area contributed by atoms with Crippen molar-refractivity contribution in [1.82, 2.24) is 5.32 Å². The molecule has 0 aliphatic rings. The van der Waals surface area contributed by atoms with Gasteiger partial charge < -0.3 is 5.32 Å². The Morgan fingerprint density at radius 1 is 1.53 bits per heavy atom. The second kappa shape index (κ2) is 6.12. The first-order valence-electron chi connectivity index (χ1n) is 4.50. The molecule has 15 heavy (non-hydrogen) atoms. The van der Waals surface area contributed by atoms with Gasteiger partial charge in [-0.05, 0) is 34.6 Å². The van der Waals surface area contributed by atoms with Crippen LogP contribution < -0.4 is 5.32 Å². The third kappa shape index (κ3) is 3.49. The van der Waals surface area contributed by atoms with Crippen LogP contribution in [0.15, 0.2) is 16.6 Å². The van der Waals surface area contributed by atoms with Crippen molar-refractivity contribution in [1.29, 1.82) is 0 Å². The minimum atomic E-state index is -0.477. The highest BCUT2D eigenvalue weighted by Crippen LogP contribution is 2.26. The summed E-state index contributed by atoms with van der Waals surface area (Å²) in [6, 6.07) is 3.28. The van der Waals surface area contributed by atoms with Crippen LogP contribution in [0, 0.1) is 17.7 Å². The van der Waals surface area contributed by atoms with Crippen LogP contribution in [0.25, 0.3) is 0 Å². The maximum atomic E-state index is 13.5. The Labute approximate surface area is 102 Å². The van der Waals surface area contributed by atoms with E-state index in [0.29, 0.717) is 16.6 Å². The molecule has 1 N–H and O–H groups in total. The Kier molecular flexibility index (Phi) is 5.10. The fourth-order valence-corrected chi connectivity index (χ4v) is 1.42. The molecular formula is C11H10BrClFN. The highest BCUT2D eigenvalue weighted by molar-refractivity contribution is 9.10. The Morgan fingerprint density at radius 3 is 2.93 bits per heavy atom. The largest absolute Gasteiger partial charge is 0.306 e. The van der Waals surface area contributed by atoms with Crippen LogP contribution in [0.4, 0.5) is 4.39 Å². The van der Waals surface area contributed by atoms with Crippen LogP contribution in [-0.4, -0.2) is 13.1 Å². The molecule has 0 bridgehead atoms. The van der Waals surface area contributed by atoms with E-state index in [1.807, 2.05) is 6.92 Å². The van der Waals surface area contributed by atoms with Crippen LogP contribution in [0.2, 0.25) is 5.02 Å². The van der Waals surface area contributed by atoms with E-state index >= 15 is 0 Å². The minimum absolute atomic E-state index is 0.0743. The standard InChI is InChI=1S/C11H10BrClFN/c1-2-15-7-3-4-8-5-6-9(12)10(13)11(8)14/h5-6,15H,2,7H2,1H3. The topological polar surface area (TPSA) is 12.0 Å². The molecule has 0 heterocycles. The van der Waals surface area contributed by atoms with Gasteiger partial charge in [-0.3, -0.25) is 0 Å². The summed E-state index contributed by atoms with van der Waals surface area (Å²) in [6.07, 6.45) is 0. The zero-order valence-corrected chi connectivity index (χ0v) is 10.5. The second-order valence-electron chi connectivity index (χ2n) is 2.81. The molecule has 80 valence electrons. The van der Waals surface area contributed by atoms with Gasteiger partial charge >= 0.3 is 0 Å². The summed E-state index contributed by atoms with van der Waals surface area (Å²) >= 11 is 8.86. The van der Waals surface area contributed by atoms with E-state index in [1.165, 1.54) is 0 Å². The van der Waals surface area contributed by atoms with Gasteiger partial charge in [-0.1, -0.05) is 30.4 Å². The van der Waals surface area contributed by atoms with Crippen LogP contribution in [0.5, 0.6) is 0 Å². The molecule has 0 amide bonds. The molecule has 0 spiro atoms. The van der Waals surface area contributed by atoms with Gasteiger partial charge in [0.05, 0.1) is 17.1 Å². The average molecular weight is 291 g/mol. The van der Waals surface area contributed by atoms with Crippen molar-refractivity contribution in [2.75, 3.05) is 13.1 Å². The molecule has 1 aromatic carbocycles. The van der Waals surface area contributed by atoms with Crippen LogP contribution in [0.3, 0.4) is 0 Å². The number of nitrogens with one attached hydrogen (secondary N) is 1. The van der Waals surface area contributed by atoms with Crippen molar-refractivity contribution in [2.45, 2.75) is 6.92 Å². The SMILES string of the molecule is CCNCC#Cc1ccc(Br)c(Cl)c1F. The predicted molar refractivity (Wildman–Crippen MR) is 64.5 cm³/mol. The van der Waals surface area contributed by atoms with Crippen molar-refractivity contribution in [3.05, 3.63) is 33.0 Å². The van der Waals surface area contributed by atoms with E-state index in [1.54, 1.807) is 12.1 Å². The minimum Gasteiger partial charge on any atom is -0.306 e. The smallest absolute Gasteiger partial charge is 0.158 e.